The van der Waals surface area contributed by atoms with Crippen LogP contribution in [0.25, 0.3) is 98.7 Å². The molecule has 0 spiro atoms. The molecule has 0 aliphatic carbocycles. The molecule has 14 aromatic rings. The summed E-state index contributed by atoms with van der Waals surface area (Å²) in [4.78, 5) is 5.34. The van der Waals surface area contributed by atoms with Crippen molar-refractivity contribution in [2.45, 2.75) is 78.6 Å². The number of benzene rings is 14. The molecule has 0 aromatic heterocycles. The molecule has 0 saturated carbocycles. The maximum atomic E-state index is 7.49. The Morgan fingerprint density at radius 2 is 0.678 bits per heavy atom. The Morgan fingerprint density at radius 1 is 0.289 bits per heavy atom. The van der Waals surface area contributed by atoms with Crippen molar-refractivity contribution in [2.24, 2.45) is 0 Å². The zero-order valence-corrected chi connectivity index (χ0v) is 53.4. The highest BCUT2D eigenvalue weighted by atomic mass is 35.5. The highest BCUT2D eigenvalue weighted by Crippen LogP contribution is 2.56. The summed E-state index contributed by atoms with van der Waals surface area (Å²) >= 11 is 7.49. The molecule has 90 heavy (non-hydrogen) atoms. The smallest absolute Gasteiger partial charge is 0.252 e. The fourth-order valence-corrected chi connectivity index (χ4v) is 15.1. The average Bonchev–Trinajstić information content (AvgIpc) is 0.694. The van der Waals surface area contributed by atoms with Gasteiger partial charge in [-0.1, -0.05) is 280 Å². The standard InChI is InChI=1S/C86H70BClN2/c1-84(2,3)60-46-68(53-25-14-10-15-26-53)82(69(47-60)54-27-16-11-17-28-54)89-74-45-59(64-42-39-58-35-23-37-66-65-36-22-33-57-34-24-38-67(78(57)65)80(64)79(58)66)40-43-72(74)87-73-44-41-63(88)52-75(73)90(77-51-62(86(7,8)9)50-76(89)81(77)87)83-70(55-29-18-12-19-30-55)48-61(85(4,5)6)49-71(83)56-31-20-13-21-32-56/h10-52H,1-9H3. The summed E-state index contributed by atoms with van der Waals surface area (Å²) in [5.74, 6) is 0. The Hall–Kier alpha value is -9.67. The predicted octanol–water partition coefficient (Wildman–Crippen LogP) is 22.7. The van der Waals surface area contributed by atoms with Crippen LogP contribution in [0.5, 0.6) is 0 Å². The third kappa shape index (κ3) is 8.91. The van der Waals surface area contributed by atoms with Gasteiger partial charge in [-0.3, -0.25) is 0 Å². The molecule has 4 heteroatoms. The van der Waals surface area contributed by atoms with E-state index in [0.717, 1.165) is 67.5 Å². The van der Waals surface area contributed by atoms with Crippen LogP contribution < -0.4 is 26.2 Å². The van der Waals surface area contributed by atoms with E-state index in [1.54, 1.807) is 0 Å². The van der Waals surface area contributed by atoms with Crippen molar-refractivity contribution in [3.8, 4) is 55.6 Å². The van der Waals surface area contributed by atoms with Crippen LogP contribution in [0.2, 0.25) is 5.02 Å². The molecule has 0 atom stereocenters. The normalized spacial score (nSPS) is 13.2. The molecule has 2 nitrogen and oxygen atoms in total. The molecule has 0 N–H and O–H groups in total. The van der Waals surface area contributed by atoms with E-state index in [4.69, 9.17) is 11.6 Å². The van der Waals surface area contributed by atoms with Gasteiger partial charge >= 0.3 is 0 Å². The lowest BCUT2D eigenvalue weighted by molar-refractivity contribution is 0.590. The van der Waals surface area contributed by atoms with Crippen molar-refractivity contribution in [3.63, 3.8) is 0 Å². The quantitative estimate of drug-likeness (QED) is 0.0891. The third-order valence-electron chi connectivity index (χ3n) is 19.5. The zero-order valence-electron chi connectivity index (χ0n) is 52.7. The fraction of sp³-hybridized carbons (Fsp3) is 0.140. The Kier molecular flexibility index (Phi) is 12.8. The molecule has 14 aromatic carbocycles. The number of rotatable bonds is 7. The monoisotopic (exact) mass is 1180 g/mol. The van der Waals surface area contributed by atoms with Crippen LogP contribution >= 0.6 is 11.6 Å². The van der Waals surface area contributed by atoms with E-state index < -0.39 is 0 Å². The maximum Gasteiger partial charge on any atom is 0.252 e. The summed E-state index contributed by atoms with van der Waals surface area (Å²) in [7, 11) is 0. The van der Waals surface area contributed by atoms with Gasteiger partial charge in [0.1, 0.15) is 0 Å². The van der Waals surface area contributed by atoms with E-state index >= 15 is 0 Å². The molecular formula is C86H70BClN2. The lowest BCUT2D eigenvalue weighted by atomic mass is 9.33. The van der Waals surface area contributed by atoms with Gasteiger partial charge < -0.3 is 9.80 Å². The molecule has 16 rings (SSSR count). The first-order valence-corrected chi connectivity index (χ1v) is 32.3. The van der Waals surface area contributed by atoms with Gasteiger partial charge in [0.05, 0.1) is 11.4 Å². The van der Waals surface area contributed by atoms with Gasteiger partial charge in [-0.05, 0) is 180 Å². The first-order chi connectivity index (χ1) is 43.5. The van der Waals surface area contributed by atoms with Crippen molar-refractivity contribution >= 4 is 112 Å². The molecule has 0 bridgehead atoms. The van der Waals surface area contributed by atoms with Crippen LogP contribution in [0.15, 0.2) is 261 Å². The van der Waals surface area contributed by atoms with Crippen LogP contribution in [0.1, 0.15) is 79.0 Å². The zero-order chi connectivity index (χ0) is 61.5. The molecule has 0 unspecified atom stereocenters. The summed E-state index contributed by atoms with van der Waals surface area (Å²) in [5, 5.41) is 10.9. The second-order valence-electron chi connectivity index (χ2n) is 28.2. The van der Waals surface area contributed by atoms with E-state index in [9.17, 15) is 0 Å². The van der Waals surface area contributed by atoms with E-state index in [2.05, 4.69) is 333 Å². The summed E-state index contributed by atoms with van der Waals surface area (Å²) in [6, 6.07) is 98.8. The SMILES string of the molecule is CC(C)(C)c1cc(-c2ccccc2)c(N2c3cc(Cl)ccc3B3c4ccc(-c5ccc6cccc7c8cccc9cccc(c5c67)c98)cc4N(c4c(-c5ccccc5)cc(C(C)(C)C)cc4-c4ccccc4)c4cc(C(C)(C)C)cc2c43)c(-c2ccccc2)c1. The van der Waals surface area contributed by atoms with Gasteiger partial charge in [-0.15, -0.1) is 0 Å². The van der Waals surface area contributed by atoms with E-state index in [1.165, 1.54) is 98.4 Å². The topological polar surface area (TPSA) is 6.48 Å². The summed E-state index contributed by atoms with van der Waals surface area (Å²) in [6.45, 7) is 21.0. The Bertz CT molecular complexity index is 5060. The minimum Gasteiger partial charge on any atom is -0.310 e. The number of fused-ring (bicyclic) bond motifs is 6. The number of hydrogen-bond acceptors (Lipinski definition) is 2. The van der Waals surface area contributed by atoms with E-state index in [1.807, 2.05) is 0 Å². The molecule has 434 valence electrons. The van der Waals surface area contributed by atoms with Gasteiger partial charge in [-0.25, -0.2) is 0 Å². The minimum absolute atomic E-state index is 0.158. The fourth-order valence-electron chi connectivity index (χ4n) is 14.9. The highest BCUT2D eigenvalue weighted by Gasteiger charge is 2.46. The number of halogens is 1. The van der Waals surface area contributed by atoms with Gasteiger partial charge in [0.2, 0.25) is 0 Å². The molecule has 0 fully saturated rings. The molecule has 0 saturated heterocycles. The number of nitrogens with zero attached hydrogens (tertiary/aromatic N) is 2. The summed E-state index contributed by atoms with van der Waals surface area (Å²) in [6.07, 6.45) is 0. The second kappa shape index (κ2) is 20.7. The van der Waals surface area contributed by atoms with Gasteiger partial charge in [0.25, 0.3) is 6.71 Å². The van der Waals surface area contributed by atoms with Crippen LogP contribution in [0, 0.1) is 0 Å². The molecular weight excluding hydrogens is 1110 g/mol. The summed E-state index contributed by atoms with van der Waals surface area (Å²) in [5.41, 5.74) is 25.3. The lowest BCUT2D eigenvalue weighted by Crippen LogP contribution is -2.61. The van der Waals surface area contributed by atoms with Crippen molar-refractivity contribution < 1.29 is 0 Å². The first kappa shape index (κ1) is 55.6. The Balaban J connectivity index is 1.09. The van der Waals surface area contributed by atoms with Crippen LogP contribution in [-0.4, -0.2) is 6.71 Å². The minimum atomic E-state index is -0.293. The van der Waals surface area contributed by atoms with Gasteiger partial charge in [0, 0.05) is 50.0 Å². The number of hydrogen-bond donors (Lipinski definition) is 0. The second-order valence-corrected chi connectivity index (χ2v) is 28.6. The largest absolute Gasteiger partial charge is 0.310 e. The third-order valence-corrected chi connectivity index (χ3v) is 19.7. The van der Waals surface area contributed by atoms with Crippen LogP contribution in [0.4, 0.5) is 34.1 Å². The maximum absolute atomic E-state index is 7.49. The molecule has 2 aliphatic rings. The predicted molar refractivity (Wildman–Crippen MR) is 390 cm³/mol. The first-order valence-electron chi connectivity index (χ1n) is 31.9. The van der Waals surface area contributed by atoms with Crippen LogP contribution in [0.3, 0.4) is 0 Å². The van der Waals surface area contributed by atoms with Gasteiger partial charge in [-0.2, -0.15) is 0 Å². The van der Waals surface area contributed by atoms with E-state index in [-0.39, 0.29) is 23.0 Å². The van der Waals surface area contributed by atoms with E-state index in [0.29, 0.717) is 5.02 Å². The van der Waals surface area contributed by atoms with Crippen molar-refractivity contribution in [3.05, 3.63) is 283 Å². The average molecular weight is 1180 g/mol. The summed E-state index contributed by atoms with van der Waals surface area (Å²) < 4.78 is 0. The van der Waals surface area contributed by atoms with Crippen molar-refractivity contribution in [2.75, 3.05) is 9.80 Å². The molecule has 2 heterocycles. The Labute approximate surface area is 535 Å². The molecule has 0 amide bonds. The van der Waals surface area contributed by atoms with Crippen LogP contribution in [-0.2, 0) is 16.2 Å². The molecule has 2 aliphatic heterocycles. The lowest BCUT2D eigenvalue weighted by Gasteiger charge is -2.46. The van der Waals surface area contributed by atoms with Gasteiger partial charge in [0.15, 0.2) is 0 Å². The molecule has 0 radical (unpaired) electrons. The van der Waals surface area contributed by atoms with Crippen molar-refractivity contribution in [1.29, 1.82) is 0 Å². The number of anilines is 6. The Morgan fingerprint density at radius 3 is 1.12 bits per heavy atom. The van der Waals surface area contributed by atoms with Crippen molar-refractivity contribution in [1.82, 2.24) is 0 Å². The highest BCUT2D eigenvalue weighted by molar-refractivity contribution is 7.00.